The summed E-state index contributed by atoms with van der Waals surface area (Å²) in [5.41, 5.74) is 0. The Hall–Kier alpha value is -0.570. The third-order valence-corrected chi connectivity index (χ3v) is 1.76. The molecule has 0 aliphatic carbocycles. The summed E-state index contributed by atoms with van der Waals surface area (Å²) in [6.45, 7) is 2.28. The first-order chi connectivity index (χ1) is 5.20. The molecule has 1 heterocycles. The Balaban J connectivity index is 2.28. The average molecular weight is 155 g/mol. The van der Waals surface area contributed by atoms with Gasteiger partial charge in [0.15, 0.2) is 0 Å². The van der Waals surface area contributed by atoms with Gasteiger partial charge in [-0.1, -0.05) is 0 Å². The highest BCUT2D eigenvalue weighted by Crippen LogP contribution is 2.05. The van der Waals surface area contributed by atoms with Crippen molar-refractivity contribution in [1.29, 1.82) is 0 Å². The molecule has 0 spiro atoms. The van der Waals surface area contributed by atoms with Gasteiger partial charge in [-0.3, -0.25) is 4.79 Å². The van der Waals surface area contributed by atoms with E-state index >= 15 is 0 Å². The smallest absolute Gasteiger partial charge is 0.236 e. The first kappa shape index (κ1) is 8.53. The van der Waals surface area contributed by atoms with Gasteiger partial charge in [0.2, 0.25) is 5.91 Å². The monoisotopic (exact) mass is 155 g/mol. The van der Waals surface area contributed by atoms with Gasteiger partial charge in [0, 0.05) is 13.1 Å². The summed E-state index contributed by atoms with van der Waals surface area (Å²) in [5.74, 6) is 0.240. The maximum Gasteiger partial charge on any atom is 0.236 e. The van der Waals surface area contributed by atoms with Crippen LogP contribution in [0.3, 0.4) is 0 Å². The van der Waals surface area contributed by atoms with Gasteiger partial charge < -0.3 is 9.80 Å². The van der Waals surface area contributed by atoms with Gasteiger partial charge in [-0.15, -0.1) is 0 Å². The molecule has 0 unspecified atom stereocenters. The lowest BCUT2D eigenvalue weighted by Crippen LogP contribution is -2.35. The van der Waals surface area contributed by atoms with E-state index in [0.29, 0.717) is 6.54 Å². The Morgan fingerprint density at radius 2 is 2.36 bits per heavy atom. The molecular weight excluding hydrogens is 140 g/mol. The van der Waals surface area contributed by atoms with Crippen molar-refractivity contribution in [3.63, 3.8) is 0 Å². The van der Waals surface area contributed by atoms with E-state index in [1.165, 1.54) is 0 Å². The van der Waals surface area contributed by atoms with Crippen LogP contribution in [0.2, 0.25) is 0 Å². The second-order valence-electron chi connectivity index (χ2n) is 3.15. The van der Waals surface area contributed by atoms with Crippen molar-refractivity contribution < 1.29 is 4.79 Å². The van der Waals surface area contributed by atoms with Gasteiger partial charge >= 0.3 is 0 Å². The molecule has 1 fully saturated rings. The highest BCUT2D eigenvalue weighted by Gasteiger charge is 2.17. The molecule has 1 radical (unpaired) electrons. The lowest BCUT2D eigenvalue weighted by Gasteiger charge is -2.17. The first-order valence-electron chi connectivity index (χ1n) is 3.94. The quantitative estimate of drug-likeness (QED) is 0.559. The molecular formula is C8H15N2O. The molecule has 63 valence electrons. The Bertz CT molecular complexity index is 139. The zero-order valence-corrected chi connectivity index (χ0v) is 7.21. The molecule has 0 aromatic heterocycles. The van der Waals surface area contributed by atoms with Crippen LogP contribution in [-0.2, 0) is 4.79 Å². The molecule has 0 N–H and O–H groups in total. The van der Waals surface area contributed by atoms with Gasteiger partial charge in [-0.05, 0) is 26.9 Å². The molecule has 1 aliphatic heterocycles. The van der Waals surface area contributed by atoms with E-state index in [1.807, 2.05) is 23.9 Å². The van der Waals surface area contributed by atoms with Crippen LogP contribution in [-0.4, -0.2) is 49.4 Å². The first-order valence-corrected chi connectivity index (χ1v) is 3.94. The second kappa shape index (κ2) is 3.72. The molecule has 1 saturated heterocycles. The number of hydrogen-bond donors (Lipinski definition) is 0. The Morgan fingerprint density at radius 1 is 1.64 bits per heavy atom. The van der Waals surface area contributed by atoms with Crippen molar-refractivity contribution in [3.8, 4) is 0 Å². The number of likely N-dealkylation sites (N-methyl/N-ethyl adjacent to an activating group) is 1. The minimum atomic E-state index is 0.240. The van der Waals surface area contributed by atoms with Gasteiger partial charge in [0.1, 0.15) is 0 Å². The van der Waals surface area contributed by atoms with Gasteiger partial charge in [-0.2, -0.15) is 0 Å². The van der Waals surface area contributed by atoms with Gasteiger partial charge in [0.05, 0.1) is 6.54 Å². The maximum atomic E-state index is 11.3. The number of rotatable bonds is 2. The molecule has 0 saturated carbocycles. The van der Waals surface area contributed by atoms with E-state index in [9.17, 15) is 4.79 Å². The summed E-state index contributed by atoms with van der Waals surface area (Å²) in [4.78, 5) is 15.1. The summed E-state index contributed by atoms with van der Waals surface area (Å²) in [7, 11) is 3.83. The maximum absolute atomic E-state index is 11.3. The number of nitrogens with zero attached hydrogens (tertiary/aromatic N) is 2. The highest BCUT2D eigenvalue weighted by molar-refractivity contribution is 5.78. The molecule has 3 nitrogen and oxygen atoms in total. The van der Waals surface area contributed by atoms with E-state index in [0.717, 1.165) is 19.5 Å². The van der Waals surface area contributed by atoms with Crippen molar-refractivity contribution in [1.82, 2.24) is 9.80 Å². The van der Waals surface area contributed by atoms with Crippen LogP contribution < -0.4 is 0 Å². The minimum Gasteiger partial charge on any atom is -0.341 e. The molecule has 0 atom stereocenters. The van der Waals surface area contributed by atoms with Crippen LogP contribution in [0.1, 0.15) is 6.42 Å². The Kier molecular flexibility index (Phi) is 2.88. The predicted octanol–water partition coefficient (Wildman–Crippen LogP) is -0.0154. The molecule has 1 amide bonds. The SMILES string of the molecule is CN(C)CC(=O)N1C[CH]CC1. The van der Waals surface area contributed by atoms with Crippen LogP contribution in [0.5, 0.6) is 0 Å². The standard InChI is InChI=1S/C8H15N2O/c1-9(2)7-8(11)10-5-3-4-6-10/h3H,4-7H2,1-2H3. The zero-order valence-electron chi connectivity index (χ0n) is 7.21. The van der Waals surface area contributed by atoms with Crippen molar-refractivity contribution in [2.45, 2.75) is 6.42 Å². The molecule has 0 bridgehead atoms. The van der Waals surface area contributed by atoms with Crippen LogP contribution in [0.25, 0.3) is 0 Å². The van der Waals surface area contributed by atoms with Crippen molar-refractivity contribution in [2.24, 2.45) is 0 Å². The van der Waals surface area contributed by atoms with Crippen LogP contribution >= 0.6 is 0 Å². The second-order valence-corrected chi connectivity index (χ2v) is 3.15. The third-order valence-electron chi connectivity index (χ3n) is 1.76. The lowest BCUT2D eigenvalue weighted by atomic mass is 10.4. The van der Waals surface area contributed by atoms with E-state index in [-0.39, 0.29) is 5.91 Å². The number of carbonyl (C=O) groups excluding carboxylic acids is 1. The number of hydrogen-bond acceptors (Lipinski definition) is 2. The molecule has 0 aromatic rings. The summed E-state index contributed by atoms with van der Waals surface area (Å²) in [6.07, 6.45) is 3.20. The van der Waals surface area contributed by atoms with E-state index in [4.69, 9.17) is 0 Å². The fourth-order valence-corrected chi connectivity index (χ4v) is 1.18. The molecule has 11 heavy (non-hydrogen) atoms. The minimum absolute atomic E-state index is 0.240. The topological polar surface area (TPSA) is 23.6 Å². The molecule has 0 aromatic carbocycles. The van der Waals surface area contributed by atoms with Crippen LogP contribution in [0.15, 0.2) is 0 Å². The van der Waals surface area contributed by atoms with Crippen molar-refractivity contribution in [2.75, 3.05) is 33.7 Å². The summed E-state index contributed by atoms with van der Waals surface area (Å²) in [6, 6.07) is 0. The highest BCUT2D eigenvalue weighted by atomic mass is 16.2. The van der Waals surface area contributed by atoms with E-state index in [2.05, 4.69) is 6.42 Å². The normalized spacial score (nSPS) is 17.9. The predicted molar refractivity (Wildman–Crippen MR) is 44.1 cm³/mol. The summed E-state index contributed by atoms with van der Waals surface area (Å²) >= 11 is 0. The number of amides is 1. The van der Waals surface area contributed by atoms with Crippen molar-refractivity contribution in [3.05, 3.63) is 6.42 Å². The molecule has 3 heteroatoms. The van der Waals surface area contributed by atoms with Crippen LogP contribution in [0, 0.1) is 6.42 Å². The van der Waals surface area contributed by atoms with Crippen molar-refractivity contribution >= 4 is 5.91 Å². The van der Waals surface area contributed by atoms with Crippen LogP contribution in [0.4, 0.5) is 0 Å². The van der Waals surface area contributed by atoms with Gasteiger partial charge in [0.25, 0.3) is 0 Å². The molecule has 1 rings (SSSR count). The number of likely N-dealkylation sites (tertiary alicyclic amines) is 1. The lowest BCUT2D eigenvalue weighted by molar-refractivity contribution is -0.130. The average Bonchev–Trinajstić information content (AvgIpc) is 2.35. The fraction of sp³-hybridized carbons (Fsp3) is 0.750. The molecule has 1 aliphatic rings. The third kappa shape index (κ3) is 2.50. The van der Waals surface area contributed by atoms with E-state index < -0.39 is 0 Å². The Morgan fingerprint density at radius 3 is 2.82 bits per heavy atom. The fourth-order valence-electron chi connectivity index (χ4n) is 1.18. The largest absolute Gasteiger partial charge is 0.341 e. The van der Waals surface area contributed by atoms with E-state index in [1.54, 1.807) is 0 Å². The number of carbonyl (C=O) groups is 1. The summed E-state index contributed by atoms with van der Waals surface area (Å²) < 4.78 is 0. The zero-order chi connectivity index (χ0) is 8.27. The Labute approximate surface area is 68.0 Å². The van der Waals surface area contributed by atoms with Gasteiger partial charge in [-0.25, -0.2) is 0 Å². The summed E-state index contributed by atoms with van der Waals surface area (Å²) in [5, 5.41) is 0.